The number of anilines is 1. The number of aryl methyl sites for hydroxylation is 1. The first kappa shape index (κ1) is 25.3. The van der Waals surface area contributed by atoms with Gasteiger partial charge in [-0.1, -0.05) is 12.1 Å². The highest BCUT2D eigenvalue weighted by Crippen LogP contribution is 2.37. The minimum absolute atomic E-state index is 0.0137. The lowest BCUT2D eigenvalue weighted by molar-refractivity contribution is -0.206. The van der Waals surface area contributed by atoms with E-state index in [2.05, 4.69) is 20.0 Å². The van der Waals surface area contributed by atoms with Crippen LogP contribution in [0.3, 0.4) is 0 Å². The molecule has 3 aromatic rings. The van der Waals surface area contributed by atoms with Crippen molar-refractivity contribution in [3.63, 3.8) is 0 Å². The van der Waals surface area contributed by atoms with Crippen molar-refractivity contribution in [2.24, 2.45) is 0 Å². The van der Waals surface area contributed by atoms with E-state index in [1.54, 1.807) is 6.92 Å². The van der Waals surface area contributed by atoms with Gasteiger partial charge in [-0.3, -0.25) is 0 Å². The first-order valence-corrected chi connectivity index (χ1v) is 9.91. The fraction of sp³-hybridized carbons (Fsp3) is 0.364. The van der Waals surface area contributed by atoms with E-state index in [-0.39, 0.29) is 23.9 Å². The average molecular weight is 489 g/mol. The van der Waals surface area contributed by atoms with Gasteiger partial charge in [0.05, 0.1) is 24.8 Å². The van der Waals surface area contributed by atoms with Gasteiger partial charge in [0.25, 0.3) is 0 Å². The van der Waals surface area contributed by atoms with Crippen molar-refractivity contribution in [3.8, 4) is 11.5 Å². The van der Waals surface area contributed by atoms with Crippen LogP contribution in [0, 0.1) is 6.92 Å². The minimum atomic E-state index is -4.70. The summed E-state index contributed by atoms with van der Waals surface area (Å²) in [6.45, 7) is 0.840. The number of methoxy groups -OCH3 is 2. The summed E-state index contributed by atoms with van der Waals surface area (Å²) >= 11 is 0. The lowest BCUT2D eigenvalue weighted by atomic mass is 10.1. The second-order valence-corrected chi connectivity index (χ2v) is 7.29. The molecule has 1 unspecified atom stereocenters. The van der Waals surface area contributed by atoms with Gasteiger partial charge in [0.1, 0.15) is 11.6 Å². The first-order chi connectivity index (χ1) is 15.9. The zero-order valence-corrected chi connectivity index (χ0v) is 18.3. The molecule has 0 spiro atoms. The summed E-state index contributed by atoms with van der Waals surface area (Å²) in [4.78, 5) is 8.53. The predicted molar refractivity (Wildman–Crippen MR) is 112 cm³/mol. The molecule has 1 atom stereocenters. The van der Waals surface area contributed by atoms with Gasteiger partial charge in [0, 0.05) is 25.1 Å². The standard InChI is InChI=1S/C22H21F6N3O3/c1-12-30-16-9-17(33-3)18(34-19(11-32-2)22(26,27)28)8-15(16)20(31-12)29-10-13-5-4-6-14(7-13)21(23,24)25/h4-9,19H,10-11H2,1-3H3,(H,29,30,31). The normalized spacial score (nSPS) is 13.1. The second-order valence-electron chi connectivity index (χ2n) is 7.29. The van der Waals surface area contributed by atoms with Crippen LogP contribution in [-0.4, -0.2) is 43.1 Å². The highest BCUT2D eigenvalue weighted by Gasteiger charge is 2.42. The summed E-state index contributed by atoms with van der Waals surface area (Å²) in [5, 5.41) is 3.23. The SMILES string of the molecule is COCC(Oc1cc2c(NCc3cccc(C(F)(F)F)c3)nc(C)nc2cc1OC)C(F)(F)F. The van der Waals surface area contributed by atoms with Crippen LogP contribution < -0.4 is 14.8 Å². The van der Waals surface area contributed by atoms with E-state index < -0.39 is 30.6 Å². The molecule has 0 aliphatic heterocycles. The third-order valence-corrected chi connectivity index (χ3v) is 4.76. The number of halogens is 6. The predicted octanol–water partition coefficient (Wildman–Crippen LogP) is 5.53. The number of rotatable bonds is 8. The van der Waals surface area contributed by atoms with Crippen molar-refractivity contribution in [2.45, 2.75) is 31.9 Å². The van der Waals surface area contributed by atoms with Crippen molar-refractivity contribution >= 4 is 16.7 Å². The summed E-state index contributed by atoms with van der Waals surface area (Å²) in [6, 6.07) is 7.44. The maximum absolute atomic E-state index is 13.3. The fourth-order valence-corrected chi connectivity index (χ4v) is 3.18. The molecule has 0 saturated carbocycles. The molecule has 1 heterocycles. The van der Waals surface area contributed by atoms with E-state index in [4.69, 9.17) is 9.47 Å². The molecule has 12 heteroatoms. The zero-order chi connectivity index (χ0) is 25.1. The van der Waals surface area contributed by atoms with Crippen LogP contribution >= 0.6 is 0 Å². The van der Waals surface area contributed by atoms with Crippen LogP contribution in [0.5, 0.6) is 11.5 Å². The molecule has 0 bridgehead atoms. The number of nitrogens with one attached hydrogen (secondary N) is 1. The Kier molecular flexibility index (Phi) is 7.39. The molecule has 3 rings (SSSR count). The molecule has 184 valence electrons. The number of hydrogen-bond donors (Lipinski definition) is 1. The average Bonchev–Trinajstić information content (AvgIpc) is 2.75. The number of hydrogen-bond acceptors (Lipinski definition) is 6. The summed E-state index contributed by atoms with van der Waals surface area (Å²) in [5.41, 5.74) is -0.118. The Hall–Kier alpha value is -3.28. The van der Waals surface area contributed by atoms with E-state index in [1.165, 1.54) is 31.4 Å². The van der Waals surface area contributed by atoms with Gasteiger partial charge in [-0.25, -0.2) is 9.97 Å². The molecular formula is C22H21F6N3O3. The number of nitrogens with zero attached hydrogens (tertiary/aromatic N) is 2. The van der Waals surface area contributed by atoms with Crippen LogP contribution in [0.4, 0.5) is 32.2 Å². The molecule has 0 fully saturated rings. The zero-order valence-electron chi connectivity index (χ0n) is 18.3. The molecule has 0 amide bonds. The molecule has 1 N–H and O–H groups in total. The van der Waals surface area contributed by atoms with Crippen molar-refractivity contribution in [1.82, 2.24) is 9.97 Å². The molecule has 0 radical (unpaired) electrons. The quantitative estimate of drug-likeness (QED) is 0.420. The van der Waals surface area contributed by atoms with Gasteiger partial charge < -0.3 is 19.5 Å². The summed E-state index contributed by atoms with van der Waals surface area (Å²) in [6.07, 6.45) is -11.4. The van der Waals surface area contributed by atoms with Crippen molar-refractivity contribution < 1.29 is 40.6 Å². The fourth-order valence-electron chi connectivity index (χ4n) is 3.18. The van der Waals surface area contributed by atoms with Crippen LogP contribution in [-0.2, 0) is 17.5 Å². The van der Waals surface area contributed by atoms with Gasteiger partial charge in [-0.2, -0.15) is 26.3 Å². The molecular weight excluding hydrogens is 468 g/mol. The monoisotopic (exact) mass is 489 g/mol. The molecule has 0 aliphatic carbocycles. The Bertz CT molecular complexity index is 1150. The summed E-state index contributed by atoms with van der Waals surface area (Å²) < 4.78 is 94.0. The van der Waals surface area contributed by atoms with Crippen LogP contribution in [0.1, 0.15) is 17.0 Å². The maximum Gasteiger partial charge on any atom is 0.427 e. The minimum Gasteiger partial charge on any atom is -0.493 e. The van der Waals surface area contributed by atoms with Gasteiger partial charge in [-0.05, 0) is 30.7 Å². The Morgan fingerprint density at radius 2 is 1.71 bits per heavy atom. The van der Waals surface area contributed by atoms with E-state index in [9.17, 15) is 26.3 Å². The highest BCUT2D eigenvalue weighted by molar-refractivity contribution is 5.91. The number of aromatic nitrogens is 2. The maximum atomic E-state index is 13.3. The molecule has 34 heavy (non-hydrogen) atoms. The third kappa shape index (κ3) is 5.99. The van der Waals surface area contributed by atoms with E-state index in [0.717, 1.165) is 19.2 Å². The van der Waals surface area contributed by atoms with E-state index in [0.29, 0.717) is 22.3 Å². The van der Waals surface area contributed by atoms with Crippen LogP contribution in [0.15, 0.2) is 36.4 Å². The van der Waals surface area contributed by atoms with Crippen molar-refractivity contribution in [3.05, 3.63) is 53.3 Å². The molecule has 0 aliphatic rings. The number of benzene rings is 2. The second kappa shape index (κ2) is 9.92. The molecule has 0 saturated heterocycles. The Morgan fingerprint density at radius 1 is 0.971 bits per heavy atom. The van der Waals surface area contributed by atoms with E-state index in [1.807, 2.05) is 0 Å². The Morgan fingerprint density at radius 3 is 2.32 bits per heavy atom. The van der Waals surface area contributed by atoms with Gasteiger partial charge >= 0.3 is 12.4 Å². The van der Waals surface area contributed by atoms with Gasteiger partial charge in [0.2, 0.25) is 6.10 Å². The largest absolute Gasteiger partial charge is 0.493 e. The Labute approximate surface area is 190 Å². The van der Waals surface area contributed by atoms with Gasteiger partial charge in [0.15, 0.2) is 11.5 Å². The van der Waals surface area contributed by atoms with Gasteiger partial charge in [-0.15, -0.1) is 0 Å². The van der Waals surface area contributed by atoms with Crippen LogP contribution in [0.2, 0.25) is 0 Å². The number of alkyl halides is 6. The summed E-state index contributed by atoms with van der Waals surface area (Å²) in [7, 11) is 2.39. The summed E-state index contributed by atoms with van der Waals surface area (Å²) in [5.74, 6) is 0.341. The van der Waals surface area contributed by atoms with Crippen LogP contribution in [0.25, 0.3) is 10.9 Å². The molecule has 6 nitrogen and oxygen atoms in total. The van der Waals surface area contributed by atoms with E-state index >= 15 is 0 Å². The molecule has 2 aromatic carbocycles. The van der Waals surface area contributed by atoms with Crippen molar-refractivity contribution in [1.29, 1.82) is 0 Å². The third-order valence-electron chi connectivity index (χ3n) is 4.76. The lowest BCUT2D eigenvalue weighted by Gasteiger charge is -2.22. The number of fused-ring (bicyclic) bond motifs is 1. The lowest BCUT2D eigenvalue weighted by Crippen LogP contribution is -2.38. The van der Waals surface area contributed by atoms with Crippen molar-refractivity contribution in [2.75, 3.05) is 26.1 Å². The first-order valence-electron chi connectivity index (χ1n) is 9.91. The Balaban J connectivity index is 1.98. The highest BCUT2D eigenvalue weighted by atomic mass is 19.4. The number of ether oxygens (including phenoxy) is 3. The molecule has 1 aromatic heterocycles. The topological polar surface area (TPSA) is 65.5 Å². The smallest absolute Gasteiger partial charge is 0.427 e.